The predicted molar refractivity (Wildman–Crippen MR) is 87.3 cm³/mol. The Balaban J connectivity index is 1.52. The molecule has 0 unspecified atom stereocenters. The van der Waals surface area contributed by atoms with Crippen LogP contribution in [-0.2, 0) is 11.3 Å². The van der Waals surface area contributed by atoms with Gasteiger partial charge in [0, 0.05) is 30.7 Å². The predicted octanol–water partition coefficient (Wildman–Crippen LogP) is 1.26. The zero-order chi connectivity index (χ0) is 16.7. The van der Waals surface area contributed by atoms with Gasteiger partial charge < -0.3 is 9.80 Å². The Hall–Kier alpha value is -2.35. The molecule has 0 aromatic carbocycles. The molecule has 24 heavy (non-hydrogen) atoms. The molecule has 4 heterocycles. The lowest BCUT2D eigenvalue weighted by Gasteiger charge is -2.24. The summed E-state index contributed by atoms with van der Waals surface area (Å²) in [5.41, 5.74) is 1.25. The molecule has 0 saturated carbocycles. The number of carbonyl (C=O) groups is 2. The van der Waals surface area contributed by atoms with E-state index in [0.29, 0.717) is 25.2 Å². The van der Waals surface area contributed by atoms with E-state index in [1.807, 2.05) is 17.2 Å². The molecule has 2 amide bonds. The van der Waals surface area contributed by atoms with Crippen LogP contribution in [-0.4, -0.2) is 55.2 Å². The molecule has 0 aliphatic carbocycles. The highest BCUT2D eigenvalue weighted by molar-refractivity contribution is 7.09. The van der Waals surface area contributed by atoms with E-state index in [4.69, 9.17) is 0 Å². The Labute approximate surface area is 143 Å². The van der Waals surface area contributed by atoms with Gasteiger partial charge in [-0.15, -0.1) is 11.3 Å². The van der Waals surface area contributed by atoms with Gasteiger partial charge in [0.2, 0.25) is 5.91 Å². The van der Waals surface area contributed by atoms with Crippen molar-refractivity contribution in [2.75, 3.05) is 6.54 Å². The van der Waals surface area contributed by atoms with Crippen molar-refractivity contribution >= 4 is 23.2 Å². The Morgan fingerprint density at radius 2 is 2.25 bits per heavy atom. The molecule has 0 radical (unpaired) electrons. The molecule has 2 aliphatic heterocycles. The SMILES string of the molecule is Cc1nc(CN2C(=O)C[C@H]3[C@H]2CCN3C(=O)c2cnccn2)cs1. The van der Waals surface area contributed by atoms with Crippen molar-refractivity contribution in [2.24, 2.45) is 0 Å². The molecule has 2 fully saturated rings. The van der Waals surface area contributed by atoms with Gasteiger partial charge in [0.05, 0.1) is 35.5 Å². The number of aromatic nitrogens is 3. The summed E-state index contributed by atoms with van der Waals surface area (Å²) in [5.74, 6) is -0.0537. The Morgan fingerprint density at radius 3 is 2.96 bits per heavy atom. The Morgan fingerprint density at radius 1 is 1.38 bits per heavy atom. The van der Waals surface area contributed by atoms with Gasteiger partial charge in [0.1, 0.15) is 5.69 Å². The van der Waals surface area contributed by atoms with Crippen molar-refractivity contribution in [1.29, 1.82) is 0 Å². The van der Waals surface area contributed by atoms with Crippen molar-refractivity contribution in [3.8, 4) is 0 Å². The van der Waals surface area contributed by atoms with Gasteiger partial charge >= 0.3 is 0 Å². The van der Waals surface area contributed by atoms with E-state index in [2.05, 4.69) is 15.0 Å². The van der Waals surface area contributed by atoms with Crippen LogP contribution in [0.3, 0.4) is 0 Å². The van der Waals surface area contributed by atoms with Crippen LogP contribution in [0.15, 0.2) is 24.0 Å². The minimum atomic E-state index is -0.144. The Bertz CT molecular complexity index is 778. The molecule has 2 saturated heterocycles. The highest BCUT2D eigenvalue weighted by atomic mass is 32.1. The number of amides is 2. The average Bonchev–Trinajstić information content (AvgIpc) is 3.26. The zero-order valence-electron chi connectivity index (χ0n) is 13.3. The largest absolute Gasteiger partial charge is 0.332 e. The van der Waals surface area contributed by atoms with Crippen LogP contribution in [0.25, 0.3) is 0 Å². The maximum absolute atomic E-state index is 12.6. The van der Waals surface area contributed by atoms with Crippen LogP contribution < -0.4 is 0 Å². The molecule has 7 nitrogen and oxygen atoms in total. The first kappa shape index (κ1) is 15.2. The van der Waals surface area contributed by atoms with Crippen molar-refractivity contribution < 1.29 is 9.59 Å². The monoisotopic (exact) mass is 343 g/mol. The third kappa shape index (κ3) is 2.56. The van der Waals surface area contributed by atoms with Crippen molar-refractivity contribution in [1.82, 2.24) is 24.8 Å². The molecular weight excluding hydrogens is 326 g/mol. The number of nitrogens with zero attached hydrogens (tertiary/aromatic N) is 5. The zero-order valence-corrected chi connectivity index (χ0v) is 14.1. The van der Waals surface area contributed by atoms with E-state index in [1.165, 1.54) is 12.4 Å². The maximum Gasteiger partial charge on any atom is 0.274 e. The van der Waals surface area contributed by atoms with Gasteiger partial charge in [0.25, 0.3) is 5.91 Å². The van der Waals surface area contributed by atoms with Gasteiger partial charge in [-0.1, -0.05) is 0 Å². The first-order valence-electron chi connectivity index (χ1n) is 7.91. The fourth-order valence-corrected chi connectivity index (χ4v) is 4.20. The van der Waals surface area contributed by atoms with Crippen LogP contribution in [0, 0.1) is 6.92 Å². The van der Waals surface area contributed by atoms with E-state index in [1.54, 1.807) is 22.4 Å². The average molecular weight is 343 g/mol. The fraction of sp³-hybridized carbons (Fsp3) is 0.438. The van der Waals surface area contributed by atoms with Crippen molar-refractivity contribution in [3.63, 3.8) is 0 Å². The van der Waals surface area contributed by atoms with Crippen LogP contribution in [0.5, 0.6) is 0 Å². The summed E-state index contributed by atoms with van der Waals surface area (Å²) in [6, 6.07) is -0.00753. The lowest BCUT2D eigenvalue weighted by Crippen LogP contribution is -2.40. The van der Waals surface area contributed by atoms with E-state index in [0.717, 1.165) is 17.1 Å². The first-order chi connectivity index (χ1) is 11.6. The summed E-state index contributed by atoms with van der Waals surface area (Å²) in [7, 11) is 0. The van der Waals surface area contributed by atoms with E-state index < -0.39 is 0 Å². The van der Waals surface area contributed by atoms with Gasteiger partial charge in [-0.3, -0.25) is 14.6 Å². The summed E-state index contributed by atoms with van der Waals surface area (Å²) in [6.45, 7) is 3.13. The quantitative estimate of drug-likeness (QED) is 0.838. The second-order valence-corrected chi connectivity index (χ2v) is 7.16. The minimum absolute atomic E-state index is 0.0696. The molecule has 4 rings (SSSR count). The molecule has 2 atom stereocenters. The smallest absolute Gasteiger partial charge is 0.274 e. The van der Waals surface area contributed by atoms with E-state index in [9.17, 15) is 9.59 Å². The lowest BCUT2D eigenvalue weighted by atomic mass is 10.1. The molecular formula is C16H17N5O2S. The minimum Gasteiger partial charge on any atom is -0.332 e. The highest BCUT2D eigenvalue weighted by Gasteiger charge is 2.48. The summed E-state index contributed by atoms with van der Waals surface area (Å²) in [6.07, 6.45) is 5.70. The molecule has 124 valence electrons. The summed E-state index contributed by atoms with van der Waals surface area (Å²) in [5, 5.41) is 2.99. The van der Waals surface area contributed by atoms with E-state index >= 15 is 0 Å². The number of thiazole rings is 1. The van der Waals surface area contributed by atoms with Gasteiger partial charge in [0.15, 0.2) is 0 Å². The molecule has 2 aromatic heterocycles. The summed E-state index contributed by atoms with van der Waals surface area (Å²) in [4.78, 5) is 41.2. The molecule has 0 bridgehead atoms. The first-order valence-corrected chi connectivity index (χ1v) is 8.79. The molecule has 2 aliphatic rings. The molecule has 0 spiro atoms. The van der Waals surface area contributed by atoms with Crippen molar-refractivity contribution in [3.05, 3.63) is 40.4 Å². The third-order valence-corrected chi connectivity index (χ3v) is 5.48. The fourth-order valence-electron chi connectivity index (χ4n) is 3.60. The highest BCUT2D eigenvalue weighted by Crippen LogP contribution is 2.34. The van der Waals surface area contributed by atoms with Crippen molar-refractivity contribution in [2.45, 2.75) is 38.4 Å². The number of aryl methyl sites for hydroxylation is 1. The van der Waals surface area contributed by atoms with Gasteiger partial charge in [-0.05, 0) is 13.3 Å². The van der Waals surface area contributed by atoms with Gasteiger partial charge in [-0.25, -0.2) is 9.97 Å². The molecule has 2 aromatic rings. The third-order valence-electron chi connectivity index (χ3n) is 4.66. The second kappa shape index (κ2) is 5.94. The topological polar surface area (TPSA) is 79.3 Å². The van der Waals surface area contributed by atoms with Crippen LogP contribution in [0.4, 0.5) is 0 Å². The van der Waals surface area contributed by atoms with Gasteiger partial charge in [-0.2, -0.15) is 0 Å². The number of hydrogen-bond donors (Lipinski definition) is 0. The summed E-state index contributed by atoms with van der Waals surface area (Å²) >= 11 is 1.59. The molecule has 8 heteroatoms. The second-order valence-electron chi connectivity index (χ2n) is 6.10. The molecule has 0 N–H and O–H groups in total. The van der Waals surface area contributed by atoms with Crippen LogP contribution >= 0.6 is 11.3 Å². The van der Waals surface area contributed by atoms with E-state index in [-0.39, 0.29) is 23.9 Å². The number of rotatable bonds is 3. The standard InChI is InChI=1S/C16H17N5O2S/c1-10-19-11(9-24-10)8-21-13-2-5-20(14(13)6-15(21)22)16(23)12-7-17-3-4-18-12/h3-4,7,9,13-14H,2,5-6,8H2,1H3/t13-,14+/m1/s1. The van der Waals surface area contributed by atoms with Crippen LogP contribution in [0.2, 0.25) is 0 Å². The summed E-state index contributed by atoms with van der Waals surface area (Å²) < 4.78 is 0. The number of hydrogen-bond acceptors (Lipinski definition) is 6. The number of fused-ring (bicyclic) bond motifs is 1. The maximum atomic E-state index is 12.6. The normalized spacial score (nSPS) is 23.0. The number of carbonyl (C=O) groups excluding carboxylic acids is 2. The van der Waals surface area contributed by atoms with Crippen LogP contribution in [0.1, 0.15) is 34.0 Å². The Kier molecular flexibility index (Phi) is 3.76. The number of likely N-dealkylation sites (tertiary alicyclic amines) is 2. The lowest BCUT2D eigenvalue weighted by molar-refractivity contribution is -0.129.